The lowest BCUT2D eigenvalue weighted by Crippen LogP contribution is -2.52. The van der Waals surface area contributed by atoms with E-state index >= 15 is 0 Å². The molecule has 17 heavy (non-hydrogen) atoms. The fourth-order valence-corrected chi connectivity index (χ4v) is 2.41. The highest BCUT2D eigenvalue weighted by Gasteiger charge is 2.24. The van der Waals surface area contributed by atoms with Gasteiger partial charge in [-0.05, 0) is 13.5 Å². The Kier molecular flexibility index (Phi) is 3.78. The third-order valence-corrected chi connectivity index (χ3v) is 3.30. The molecule has 5 nitrogen and oxygen atoms in total. The van der Waals surface area contributed by atoms with E-state index in [9.17, 15) is 0 Å². The zero-order valence-corrected chi connectivity index (χ0v) is 10.6. The van der Waals surface area contributed by atoms with E-state index < -0.39 is 0 Å². The van der Waals surface area contributed by atoms with Crippen molar-refractivity contribution >= 4 is 11.6 Å². The smallest absolute Gasteiger partial charge is 0.220 e. The molecule has 0 spiro atoms. The fourth-order valence-electron chi connectivity index (χ4n) is 2.41. The van der Waals surface area contributed by atoms with Gasteiger partial charge in [0.15, 0.2) is 0 Å². The van der Waals surface area contributed by atoms with Crippen LogP contribution in [0.15, 0.2) is 12.4 Å². The zero-order valence-electron chi connectivity index (χ0n) is 10.6. The molecule has 5 heteroatoms. The van der Waals surface area contributed by atoms with Crippen molar-refractivity contribution in [2.45, 2.75) is 25.8 Å². The van der Waals surface area contributed by atoms with Crippen LogP contribution in [-0.4, -0.2) is 47.6 Å². The number of rotatable bonds is 3. The lowest BCUT2D eigenvalue weighted by Gasteiger charge is -2.41. The fraction of sp³-hybridized carbons (Fsp3) is 0.667. The minimum atomic E-state index is 0.343. The summed E-state index contributed by atoms with van der Waals surface area (Å²) in [5.41, 5.74) is 6.61. The number of hydrogen-bond donors (Lipinski definition) is 1. The summed E-state index contributed by atoms with van der Waals surface area (Å²) in [6.07, 6.45) is 6.06. The topological polar surface area (TPSA) is 58.3 Å². The number of likely N-dealkylation sites (N-methyl/N-ethyl adjacent to an activating group) is 1. The predicted molar refractivity (Wildman–Crippen MR) is 70.0 cm³/mol. The van der Waals surface area contributed by atoms with Gasteiger partial charge in [0.1, 0.15) is 0 Å². The van der Waals surface area contributed by atoms with Crippen molar-refractivity contribution in [3.63, 3.8) is 0 Å². The lowest BCUT2D eigenvalue weighted by molar-refractivity contribution is 0.259. The van der Waals surface area contributed by atoms with Crippen molar-refractivity contribution in [1.82, 2.24) is 14.9 Å². The molecule has 1 aromatic heterocycles. The van der Waals surface area contributed by atoms with Crippen molar-refractivity contribution in [3.05, 3.63) is 12.4 Å². The average Bonchev–Trinajstić information content (AvgIpc) is 2.31. The van der Waals surface area contributed by atoms with Crippen LogP contribution < -0.4 is 10.6 Å². The van der Waals surface area contributed by atoms with Gasteiger partial charge in [-0.25, -0.2) is 9.97 Å². The Morgan fingerprint density at radius 2 is 2.06 bits per heavy atom. The van der Waals surface area contributed by atoms with Crippen molar-refractivity contribution in [1.29, 1.82) is 0 Å². The first-order valence-electron chi connectivity index (χ1n) is 6.23. The third kappa shape index (κ3) is 2.85. The predicted octanol–water partition coefficient (Wildman–Crippen LogP) is 0.979. The second-order valence-electron chi connectivity index (χ2n) is 4.70. The molecule has 0 radical (unpaired) electrons. The van der Waals surface area contributed by atoms with E-state index in [1.807, 2.05) is 12.4 Å². The molecule has 1 saturated heterocycles. The second-order valence-corrected chi connectivity index (χ2v) is 4.70. The van der Waals surface area contributed by atoms with Crippen molar-refractivity contribution in [3.8, 4) is 0 Å². The molecule has 94 valence electrons. The van der Waals surface area contributed by atoms with Gasteiger partial charge in [-0.15, -0.1) is 0 Å². The SMILES string of the molecule is CCCC1CN(C)CCN1c1cnc(N)nc1. The highest BCUT2D eigenvalue weighted by molar-refractivity contribution is 5.45. The highest BCUT2D eigenvalue weighted by Crippen LogP contribution is 2.21. The van der Waals surface area contributed by atoms with Gasteiger partial charge in [-0.2, -0.15) is 0 Å². The summed E-state index contributed by atoms with van der Waals surface area (Å²) in [6.45, 7) is 5.46. The standard InChI is InChI=1S/C12H21N5/c1-3-4-10-9-16(2)5-6-17(10)11-7-14-12(13)15-8-11/h7-8,10H,3-6,9H2,1-2H3,(H2,13,14,15). The molecule has 1 aromatic rings. The minimum absolute atomic E-state index is 0.343. The first-order chi connectivity index (χ1) is 8.20. The maximum atomic E-state index is 5.52. The molecule has 1 aliphatic heterocycles. The van der Waals surface area contributed by atoms with E-state index in [1.165, 1.54) is 12.8 Å². The number of anilines is 2. The zero-order chi connectivity index (χ0) is 12.3. The number of nitrogen functional groups attached to an aromatic ring is 1. The lowest BCUT2D eigenvalue weighted by atomic mass is 10.1. The Morgan fingerprint density at radius 3 is 2.71 bits per heavy atom. The Balaban J connectivity index is 2.14. The van der Waals surface area contributed by atoms with E-state index in [0.717, 1.165) is 25.3 Å². The molecule has 0 bridgehead atoms. The van der Waals surface area contributed by atoms with Crippen LogP contribution in [0.1, 0.15) is 19.8 Å². The molecule has 1 fully saturated rings. The van der Waals surface area contributed by atoms with Gasteiger partial charge in [-0.1, -0.05) is 13.3 Å². The van der Waals surface area contributed by atoms with E-state index in [4.69, 9.17) is 5.73 Å². The molecule has 0 saturated carbocycles. The summed E-state index contributed by atoms with van der Waals surface area (Å²) in [5.74, 6) is 0.343. The monoisotopic (exact) mass is 235 g/mol. The highest BCUT2D eigenvalue weighted by atomic mass is 15.3. The van der Waals surface area contributed by atoms with Gasteiger partial charge in [-0.3, -0.25) is 0 Å². The number of nitrogens with zero attached hydrogens (tertiary/aromatic N) is 4. The minimum Gasteiger partial charge on any atom is -0.368 e. The molecule has 2 N–H and O–H groups in total. The van der Waals surface area contributed by atoms with Crippen LogP contribution in [0.3, 0.4) is 0 Å². The third-order valence-electron chi connectivity index (χ3n) is 3.30. The van der Waals surface area contributed by atoms with Crippen molar-refractivity contribution in [2.24, 2.45) is 0 Å². The van der Waals surface area contributed by atoms with Crippen LogP contribution in [-0.2, 0) is 0 Å². The normalized spacial score (nSPS) is 21.8. The Bertz CT molecular complexity index is 350. The van der Waals surface area contributed by atoms with Crippen LogP contribution in [0.4, 0.5) is 11.6 Å². The molecule has 0 aromatic carbocycles. The Morgan fingerprint density at radius 1 is 1.35 bits per heavy atom. The van der Waals surface area contributed by atoms with Crippen LogP contribution in [0.25, 0.3) is 0 Å². The largest absolute Gasteiger partial charge is 0.368 e. The maximum Gasteiger partial charge on any atom is 0.220 e. The Labute approximate surface area is 103 Å². The van der Waals surface area contributed by atoms with Crippen LogP contribution in [0.5, 0.6) is 0 Å². The maximum absolute atomic E-state index is 5.52. The first kappa shape index (κ1) is 12.1. The summed E-state index contributed by atoms with van der Waals surface area (Å²) in [5, 5.41) is 0. The van der Waals surface area contributed by atoms with Gasteiger partial charge in [0, 0.05) is 25.7 Å². The summed E-state index contributed by atoms with van der Waals surface area (Å²) in [6, 6.07) is 0.561. The van der Waals surface area contributed by atoms with Crippen molar-refractivity contribution in [2.75, 3.05) is 37.3 Å². The van der Waals surface area contributed by atoms with Gasteiger partial charge in [0.2, 0.25) is 5.95 Å². The molecule has 1 unspecified atom stereocenters. The van der Waals surface area contributed by atoms with Crippen LogP contribution >= 0.6 is 0 Å². The van der Waals surface area contributed by atoms with Crippen LogP contribution in [0.2, 0.25) is 0 Å². The van der Waals surface area contributed by atoms with E-state index in [1.54, 1.807) is 0 Å². The van der Waals surface area contributed by atoms with Gasteiger partial charge >= 0.3 is 0 Å². The summed E-state index contributed by atoms with van der Waals surface area (Å²) in [7, 11) is 2.18. The summed E-state index contributed by atoms with van der Waals surface area (Å²) < 4.78 is 0. The molecule has 2 rings (SSSR count). The average molecular weight is 235 g/mol. The molecule has 0 amide bonds. The van der Waals surface area contributed by atoms with Gasteiger partial charge < -0.3 is 15.5 Å². The Hall–Kier alpha value is -1.36. The first-order valence-corrected chi connectivity index (χ1v) is 6.23. The van der Waals surface area contributed by atoms with Crippen LogP contribution in [0, 0.1) is 0 Å². The molecule has 1 aliphatic rings. The molecule has 1 atom stereocenters. The molecular formula is C12H21N5. The van der Waals surface area contributed by atoms with Gasteiger partial charge in [0.05, 0.1) is 18.1 Å². The number of aromatic nitrogens is 2. The molecule has 2 heterocycles. The summed E-state index contributed by atoms with van der Waals surface area (Å²) in [4.78, 5) is 12.9. The number of nitrogens with two attached hydrogens (primary N) is 1. The second kappa shape index (κ2) is 5.31. The van der Waals surface area contributed by atoms with Gasteiger partial charge in [0.25, 0.3) is 0 Å². The van der Waals surface area contributed by atoms with E-state index in [2.05, 4.69) is 33.7 Å². The quantitative estimate of drug-likeness (QED) is 0.846. The number of hydrogen-bond acceptors (Lipinski definition) is 5. The van der Waals surface area contributed by atoms with E-state index in [-0.39, 0.29) is 0 Å². The molecular weight excluding hydrogens is 214 g/mol. The van der Waals surface area contributed by atoms with E-state index in [0.29, 0.717) is 12.0 Å². The molecule has 0 aliphatic carbocycles. The van der Waals surface area contributed by atoms with Crippen molar-refractivity contribution < 1.29 is 0 Å². The number of piperazine rings is 1. The summed E-state index contributed by atoms with van der Waals surface area (Å²) >= 11 is 0.